The summed E-state index contributed by atoms with van der Waals surface area (Å²) in [5.74, 6) is -0.252. The van der Waals surface area contributed by atoms with Crippen molar-refractivity contribution in [2.45, 2.75) is 52.0 Å². The Morgan fingerprint density at radius 1 is 1.27 bits per heavy atom. The average molecular weight is 331 g/mol. The van der Waals surface area contributed by atoms with Gasteiger partial charge in [-0.3, -0.25) is 4.79 Å². The number of amides is 1. The maximum Gasteiger partial charge on any atom is 0.242 e. The maximum atomic E-state index is 13.2. The molecule has 0 spiro atoms. The van der Waals surface area contributed by atoms with Crippen molar-refractivity contribution in [3.05, 3.63) is 35.6 Å². The first kappa shape index (κ1) is 20.9. The van der Waals surface area contributed by atoms with Crippen LogP contribution >= 0.6 is 12.4 Å². The van der Waals surface area contributed by atoms with Gasteiger partial charge < -0.3 is 10.6 Å². The van der Waals surface area contributed by atoms with E-state index in [0.29, 0.717) is 25.9 Å². The van der Waals surface area contributed by atoms with E-state index in [4.69, 9.17) is 5.73 Å². The van der Waals surface area contributed by atoms with Gasteiger partial charge in [0, 0.05) is 13.1 Å². The lowest BCUT2D eigenvalue weighted by Crippen LogP contribution is -2.53. The Morgan fingerprint density at radius 3 is 2.50 bits per heavy atom. The third kappa shape index (κ3) is 6.32. The molecule has 1 aromatic rings. The predicted molar refractivity (Wildman–Crippen MR) is 91.7 cm³/mol. The van der Waals surface area contributed by atoms with Crippen LogP contribution in [0.25, 0.3) is 0 Å². The first-order chi connectivity index (χ1) is 9.90. The highest BCUT2D eigenvalue weighted by Crippen LogP contribution is 2.14. The molecule has 0 radical (unpaired) electrons. The minimum atomic E-state index is -0.814. The highest BCUT2D eigenvalue weighted by Gasteiger charge is 2.31. The molecule has 0 aliphatic rings. The number of benzene rings is 1. The van der Waals surface area contributed by atoms with Crippen LogP contribution in [0.4, 0.5) is 4.39 Å². The molecule has 3 nitrogen and oxygen atoms in total. The van der Waals surface area contributed by atoms with Crippen molar-refractivity contribution in [3.63, 3.8) is 0 Å². The van der Waals surface area contributed by atoms with Crippen LogP contribution in [0.5, 0.6) is 0 Å². The summed E-state index contributed by atoms with van der Waals surface area (Å²) in [5.41, 5.74) is 6.23. The quantitative estimate of drug-likeness (QED) is 0.792. The van der Waals surface area contributed by atoms with Gasteiger partial charge in [-0.15, -0.1) is 12.4 Å². The molecular weight excluding hydrogens is 303 g/mol. The number of carbonyl (C=O) groups excluding carboxylic acids is 1. The van der Waals surface area contributed by atoms with Crippen LogP contribution in [0.15, 0.2) is 24.3 Å². The molecule has 0 fully saturated rings. The largest absolute Gasteiger partial charge is 0.341 e. The van der Waals surface area contributed by atoms with Crippen molar-refractivity contribution >= 4 is 18.3 Å². The number of rotatable bonds is 8. The van der Waals surface area contributed by atoms with Crippen LogP contribution < -0.4 is 5.73 Å². The number of halogens is 2. The van der Waals surface area contributed by atoms with E-state index in [9.17, 15) is 9.18 Å². The Kier molecular flexibility index (Phi) is 9.30. The van der Waals surface area contributed by atoms with Gasteiger partial charge in [0.05, 0.1) is 5.54 Å². The van der Waals surface area contributed by atoms with Crippen molar-refractivity contribution in [1.82, 2.24) is 4.90 Å². The third-order valence-corrected chi connectivity index (χ3v) is 3.60. The van der Waals surface area contributed by atoms with E-state index in [1.807, 2.05) is 19.9 Å². The smallest absolute Gasteiger partial charge is 0.242 e. The van der Waals surface area contributed by atoms with Gasteiger partial charge in [0.2, 0.25) is 5.91 Å². The van der Waals surface area contributed by atoms with Crippen LogP contribution in [0.2, 0.25) is 0 Å². The van der Waals surface area contributed by atoms with E-state index < -0.39 is 5.54 Å². The highest BCUT2D eigenvalue weighted by molar-refractivity contribution is 5.85. The molecule has 0 aliphatic heterocycles. The monoisotopic (exact) mass is 330 g/mol. The molecule has 1 unspecified atom stereocenters. The van der Waals surface area contributed by atoms with E-state index in [0.717, 1.165) is 18.4 Å². The van der Waals surface area contributed by atoms with E-state index >= 15 is 0 Å². The van der Waals surface area contributed by atoms with Crippen LogP contribution in [0.1, 0.15) is 45.6 Å². The van der Waals surface area contributed by atoms with Crippen LogP contribution in [-0.4, -0.2) is 29.4 Å². The zero-order valence-corrected chi connectivity index (χ0v) is 14.6. The van der Waals surface area contributed by atoms with E-state index in [1.165, 1.54) is 12.1 Å². The second kappa shape index (κ2) is 9.80. The molecule has 0 bridgehead atoms. The lowest BCUT2D eigenvalue weighted by Gasteiger charge is -2.31. The minimum Gasteiger partial charge on any atom is -0.341 e. The molecule has 1 amide bonds. The van der Waals surface area contributed by atoms with E-state index in [1.54, 1.807) is 17.9 Å². The summed E-state index contributed by atoms with van der Waals surface area (Å²) < 4.78 is 13.2. The van der Waals surface area contributed by atoms with E-state index in [-0.39, 0.29) is 24.1 Å². The molecule has 0 heterocycles. The number of nitrogens with two attached hydrogens (primary N) is 1. The normalized spacial score (nSPS) is 13.1. The number of carbonyl (C=O) groups is 1. The molecule has 1 aromatic carbocycles. The molecule has 0 aliphatic carbocycles. The molecule has 22 heavy (non-hydrogen) atoms. The van der Waals surface area contributed by atoms with E-state index in [2.05, 4.69) is 0 Å². The van der Waals surface area contributed by atoms with Crippen LogP contribution in [0, 0.1) is 5.82 Å². The minimum absolute atomic E-state index is 0. The lowest BCUT2D eigenvalue weighted by molar-refractivity contribution is -0.136. The zero-order chi connectivity index (χ0) is 15.9. The molecule has 5 heteroatoms. The maximum absolute atomic E-state index is 13.2. The summed E-state index contributed by atoms with van der Waals surface area (Å²) in [4.78, 5) is 14.4. The molecular formula is C17H28ClFN2O. The van der Waals surface area contributed by atoms with Gasteiger partial charge in [-0.05, 0) is 43.9 Å². The van der Waals surface area contributed by atoms with Gasteiger partial charge in [0.25, 0.3) is 0 Å². The molecule has 126 valence electrons. The average Bonchev–Trinajstić information content (AvgIpc) is 2.42. The highest BCUT2D eigenvalue weighted by atomic mass is 35.5. The second-order valence-electron chi connectivity index (χ2n) is 5.84. The van der Waals surface area contributed by atoms with Crippen LogP contribution in [0.3, 0.4) is 0 Å². The summed E-state index contributed by atoms with van der Waals surface area (Å²) in [7, 11) is 0. The van der Waals surface area contributed by atoms with Gasteiger partial charge in [0.1, 0.15) is 5.82 Å². The molecule has 2 N–H and O–H groups in total. The standard InChI is InChI=1S/C17H27FN2O.ClH/c1-4-10-17(3,19)16(21)20(11-5-2)12-9-14-7-6-8-15(18)13-14;/h6-8,13H,4-5,9-12,19H2,1-3H3;1H. The van der Waals surface area contributed by atoms with Crippen molar-refractivity contribution in [3.8, 4) is 0 Å². The summed E-state index contributed by atoms with van der Waals surface area (Å²) in [6.07, 6.45) is 3.08. The van der Waals surface area contributed by atoms with Gasteiger partial charge in [0.15, 0.2) is 0 Å². The Labute approximate surface area is 139 Å². The van der Waals surface area contributed by atoms with Crippen molar-refractivity contribution in [2.75, 3.05) is 13.1 Å². The Balaban J connectivity index is 0.00000441. The Bertz CT molecular complexity index is 466. The first-order valence-electron chi connectivity index (χ1n) is 7.73. The number of hydrogen-bond donors (Lipinski definition) is 1. The van der Waals surface area contributed by atoms with Crippen molar-refractivity contribution in [1.29, 1.82) is 0 Å². The molecule has 0 aromatic heterocycles. The lowest BCUT2D eigenvalue weighted by atomic mass is 9.95. The topological polar surface area (TPSA) is 46.3 Å². The predicted octanol–water partition coefficient (Wildman–Crippen LogP) is 3.55. The fourth-order valence-electron chi connectivity index (χ4n) is 2.53. The third-order valence-electron chi connectivity index (χ3n) is 3.60. The van der Waals surface area contributed by atoms with Crippen LogP contribution in [-0.2, 0) is 11.2 Å². The number of hydrogen-bond acceptors (Lipinski definition) is 2. The Hall–Kier alpha value is -1.13. The first-order valence-corrected chi connectivity index (χ1v) is 7.73. The van der Waals surface area contributed by atoms with Gasteiger partial charge in [-0.25, -0.2) is 4.39 Å². The fourth-order valence-corrected chi connectivity index (χ4v) is 2.53. The van der Waals surface area contributed by atoms with Gasteiger partial charge in [-0.2, -0.15) is 0 Å². The summed E-state index contributed by atoms with van der Waals surface area (Å²) in [6.45, 7) is 7.12. The van der Waals surface area contributed by atoms with Gasteiger partial charge in [-0.1, -0.05) is 32.4 Å². The summed E-state index contributed by atoms with van der Waals surface area (Å²) in [6, 6.07) is 6.52. The molecule has 0 saturated carbocycles. The fraction of sp³-hybridized carbons (Fsp3) is 0.588. The second-order valence-corrected chi connectivity index (χ2v) is 5.84. The molecule has 1 rings (SSSR count). The SMILES string of the molecule is CCCN(CCc1cccc(F)c1)C(=O)C(C)(N)CCC.Cl. The van der Waals surface area contributed by atoms with Crippen molar-refractivity contribution < 1.29 is 9.18 Å². The molecule has 1 atom stereocenters. The summed E-state index contributed by atoms with van der Waals surface area (Å²) >= 11 is 0. The molecule has 0 saturated heterocycles. The number of nitrogens with zero attached hydrogens (tertiary/aromatic N) is 1. The zero-order valence-electron chi connectivity index (χ0n) is 13.8. The van der Waals surface area contributed by atoms with Crippen molar-refractivity contribution in [2.24, 2.45) is 5.73 Å². The Morgan fingerprint density at radius 2 is 1.95 bits per heavy atom. The summed E-state index contributed by atoms with van der Waals surface area (Å²) in [5, 5.41) is 0. The van der Waals surface area contributed by atoms with Gasteiger partial charge >= 0.3 is 0 Å².